The highest BCUT2D eigenvalue weighted by Crippen LogP contribution is 2.21. The Bertz CT molecular complexity index is 864. The summed E-state index contributed by atoms with van der Waals surface area (Å²) >= 11 is 0. The molecule has 0 fully saturated rings. The molecule has 0 aliphatic carbocycles. The van der Waals surface area contributed by atoms with Crippen LogP contribution in [-0.4, -0.2) is 30.8 Å². The lowest BCUT2D eigenvalue weighted by Crippen LogP contribution is -2.22. The topological polar surface area (TPSA) is 79.7 Å². The number of aromatic nitrogens is 4. The molecule has 0 saturated heterocycles. The zero-order chi connectivity index (χ0) is 15.7. The molecule has 0 aliphatic rings. The molecule has 0 aromatic carbocycles. The zero-order valence-corrected chi connectivity index (χ0v) is 12.7. The molecule has 3 rings (SSSR count). The van der Waals surface area contributed by atoms with Crippen molar-refractivity contribution >= 4 is 11.0 Å². The highest BCUT2D eigenvalue weighted by atomic mass is 16.3. The van der Waals surface area contributed by atoms with Crippen LogP contribution in [0.1, 0.15) is 17.0 Å². The van der Waals surface area contributed by atoms with Crippen molar-refractivity contribution in [3.8, 4) is 0 Å². The molecule has 3 heterocycles. The van der Waals surface area contributed by atoms with Gasteiger partial charge in [0.15, 0.2) is 0 Å². The van der Waals surface area contributed by atoms with E-state index in [9.17, 15) is 0 Å². The summed E-state index contributed by atoms with van der Waals surface area (Å²) in [6.07, 6.45) is 3.40. The maximum atomic E-state index is 9.09. The van der Waals surface area contributed by atoms with Gasteiger partial charge < -0.3 is 14.2 Å². The Labute approximate surface area is 128 Å². The zero-order valence-electron chi connectivity index (χ0n) is 12.7. The van der Waals surface area contributed by atoms with Crippen molar-refractivity contribution in [3.63, 3.8) is 0 Å². The van der Waals surface area contributed by atoms with Crippen LogP contribution in [0.3, 0.4) is 0 Å². The number of hydrogen-bond acceptors (Lipinski definition) is 4. The van der Waals surface area contributed by atoms with E-state index < -0.39 is 0 Å². The molecule has 0 unspecified atom stereocenters. The molecule has 2 N–H and O–H groups in total. The second-order valence-electron chi connectivity index (χ2n) is 5.33. The Morgan fingerprint density at radius 2 is 2.05 bits per heavy atom. The summed E-state index contributed by atoms with van der Waals surface area (Å²) in [5.41, 5.74) is 4.28. The number of aliphatic hydroxyl groups excluding tert-OH is 1. The number of aliphatic hydroxyl groups is 1. The van der Waals surface area contributed by atoms with Gasteiger partial charge >= 0.3 is 0 Å². The number of nitrogens with one attached hydrogen (secondary N) is 1. The van der Waals surface area contributed by atoms with E-state index >= 15 is 0 Å². The van der Waals surface area contributed by atoms with Crippen LogP contribution in [-0.2, 0) is 13.1 Å². The van der Waals surface area contributed by atoms with Gasteiger partial charge in [0.1, 0.15) is 11.1 Å². The number of fused-ring (bicyclic) bond motifs is 1. The van der Waals surface area contributed by atoms with Crippen LogP contribution in [0.25, 0.3) is 11.0 Å². The number of hydrogen-bond donors (Lipinski definition) is 2. The Balaban J connectivity index is 2.18. The van der Waals surface area contributed by atoms with Gasteiger partial charge in [-0.1, -0.05) is 6.07 Å². The van der Waals surface area contributed by atoms with Crippen molar-refractivity contribution in [1.82, 2.24) is 19.1 Å². The maximum Gasteiger partial charge on any atom is 0.146 e. The molecule has 114 valence electrons. The molecule has 0 saturated carbocycles. The standard InChI is InChI=1S/C16H19N5O/c1-11-12(2)21(9-13-5-3-4-6-18-13)16-14(11)15(17)20(7-8-22)10-19-16/h3-6,10,17,22H,7-9H2,1-2H3. The van der Waals surface area contributed by atoms with Crippen molar-refractivity contribution in [3.05, 3.63) is 53.2 Å². The van der Waals surface area contributed by atoms with Crippen molar-refractivity contribution in [2.75, 3.05) is 6.61 Å². The van der Waals surface area contributed by atoms with Crippen LogP contribution >= 0.6 is 0 Å². The quantitative estimate of drug-likeness (QED) is 0.763. The number of aryl methyl sites for hydroxylation is 1. The summed E-state index contributed by atoms with van der Waals surface area (Å²) in [5, 5.41) is 18.3. The molecule has 3 aromatic rings. The van der Waals surface area contributed by atoms with Gasteiger partial charge in [-0.05, 0) is 31.5 Å². The predicted molar refractivity (Wildman–Crippen MR) is 83.5 cm³/mol. The van der Waals surface area contributed by atoms with Gasteiger partial charge in [0, 0.05) is 18.4 Å². The maximum absolute atomic E-state index is 9.09. The predicted octanol–water partition coefficient (Wildman–Crippen LogP) is 1.37. The summed E-state index contributed by atoms with van der Waals surface area (Å²) in [5.74, 6) is 0. The first-order valence-corrected chi connectivity index (χ1v) is 7.23. The van der Waals surface area contributed by atoms with Crippen LogP contribution in [0.2, 0.25) is 0 Å². The van der Waals surface area contributed by atoms with Crippen molar-refractivity contribution in [1.29, 1.82) is 5.41 Å². The van der Waals surface area contributed by atoms with Crippen LogP contribution in [0.15, 0.2) is 30.7 Å². The van der Waals surface area contributed by atoms with Crippen LogP contribution in [0.5, 0.6) is 0 Å². The van der Waals surface area contributed by atoms with E-state index in [1.54, 1.807) is 17.1 Å². The molecule has 0 amide bonds. The lowest BCUT2D eigenvalue weighted by atomic mass is 10.2. The fraction of sp³-hybridized carbons (Fsp3) is 0.312. The molecule has 0 radical (unpaired) electrons. The van der Waals surface area contributed by atoms with Gasteiger partial charge in [0.2, 0.25) is 0 Å². The van der Waals surface area contributed by atoms with E-state index in [1.165, 1.54) is 0 Å². The monoisotopic (exact) mass is 297 g/mol. The van der Waals surface area contributed by atoms with Gasteiger partial charge in [0.25, 0.3) is 0 Å². The van der Waals surface area contributed by atoms with Gasteiger partial charge in [-0.3, -0.25) is 10.4 Å². The molecular weight excluding hydrogens is 278 g/mol. The molecule has 0 atom stereocenters. The highest BCUT2D eigenvalue weighted by molar-refractivity contribution is 5.80. The minimum atomic E-state index is -0.00356. The third-order valence-corrected chi connectivity index (χ3v) is 4.03. The number of rotatable bonds is 4. The van der Waals surface area contributed by atoms with E-state index in [0.29, 0.717) is 18.6 Å². The summed E-state index contributed by atoms with van der Waals surface area (Å²) in [4.78, 5) is 8.87. The second kappa shape index (κ2) is 5.73. The molecule has 0 bridgehead atoms. The van der Waals surface area contributed by atoms with Crippen molar-refractivity contribution in [2.45, 2.75) is 26.9 Å². The number of nitrogens with zero attached hydrogens (tertiary/aromatic N) is 4. The molecule has 22 heavy (non-hydrogen) atoms. The van der Waals surface area contributed by atoms with Crippen molar-refractivity contribution < 1.29 is 5.11 Å². The van der Waals surface area contributed by atoms with Gasteiger partial charge in [-0.25, -0.2) is 4.98 Å². The first-order chi connectivity index (χ1) is 10.6. The van der Waals surface area contributed by atoms with E-state index in [1.807, 2.05) is 32.0 Å². The lowest BCUT2D eigenvalue weighted by Gasteiger charge is -2.08. The largest absolute Gasteiger partial charge is 0.395 e. The third kappa shape index (κ3) is 2.31. The van der Waals surface area contributed by atoms with Crippen LogP contribution < -0.4 is 5.49 Å². The summed E-state index contributed by atoms with van der Waals surface area (Å²) in [6.45, 7) is 5.06. The molecule has 3 aromatic heterocycles. The Morgan fingerprint density at radius 1 is 1.23 bits per heavy atom. The average Bonchev–Trinajstić information content (AvgIpc) is 2.77. The van der Waals surface area contributed by atoms with E-state index in [4.69, 9.17) is 10.5 Å². The fourth-order valence-corrected chi connectivity index (χ4v) is 2.71. The fourth-order valence-electron chi connectivity index (χ4n) is 2.71. The molecule has 0 spiro atoms. The smallest absolute Gasteiger partial charge is 0.146 e. The van der Waals surface area contributed by atoms with Gasteiger partial charge in [-0.15, -0.1) is 0 Å². The molecular formula is C16H19N5O. The Morgan fingerprint density at radius 3 is 2.73 bits per heavy atom. The summed E-state index contributed by atoms with van der Waals surface area (Å²) in [6, 6.07) is 5.85. The first kappa shape index (κ1) is 14.5. The second-order valence-corrected chi connectivity index (χ2v) is 5.33. The van der Waals surface area contributed by atoms with Crippen LogP contribution in [0.4, 0.5) is 0 Å². The molecule has 0 aliphatic heterocycles. The Kier molecular flexibility index (Phi) is 3.77. The average molecular weight is 297 g/mol. The summed E-state index contributed by atoms with van der Waals surface area (Å²) < 4.78 is 3.76. The van der Waals surface area contributed by atoms with Crippen molar-refractivity contribution in [2.24, 2.45) is 0 Å². The Hall–Kier alpha value is -2.47. The van der Waals surface area contributed by atoms with Crippen LogP contribution in [0, 0.1) is 19.3 Å². The third-order valence-electron chi connectivity index (χ3n) is 4.03. The summed E-state index contributed by atoms with van der Waals surface area (Å²) in [7, 11) is 0. The SMILES string of the molecule is Cc1c(C)n(Cc2ccccn2)c2ncn(CCO)c(=N)c12. The normalized spacial score (nSPS) is 11.2. The van der Waals surface area contributed by atoms with Gasteiger partial charge in [0.05, 0.1) is 30.6 Å². The molecule has 6 heteroatoms. The lowest BCUT2D eigenvalue weighted by molar-refractivity contribution is 0.273. The van der Waals surface area contributed by atoms with E-state index in [0.717, 1.165) is 28.0 Å². The van der Waals surface area contributed by atoms with Gasteiger partial charge in [-0.2, -0.15) is 0 Å². The minimum absolute atomic E-state index is 0.00356. The minimum Gasteiger partial charge on any atom is -0.395 e. The first-order valence-electron chi connectivity index (χ1n) is 7.23. The highest BCUT2D eigenvalue weighted by Gasteiger charge is 2.15. The van der Waals surface area contributed by atoms with E-state index in [2.05, 4.69) is 14.5 Å². The molecule has 6 nitrogen and oxygen atoms in total. The number of pyridine rings is 1. The van der Waals surface area contributed by atoms with E-state index in [-0.39, 0.29) is 6.61 Å².